The summed E-state index contributed by atoms with van der Waals surface area (Å²) in [7, 11) is -8.90. The molecule has 0 unspecified atom stereocenters. The molecule has 2 aromatic rings. The average molecular weight is 622 g/mol. The van der Waals surface area contributed by atoms with E-state index in [9.17, 15) is 25.9 Å². The third-order valence-corrected chi connectivity index (χ3v) is 9.69. The van der Waals surface area contributed by atoms with E-state index < -0.39 is 20.2 Å². The summed E-state index contributed by atoms with van der Waals surface area (Å²) in [6.07, 6.45) is 0. The van der Waals surface area contributed by atoms with Crippen molar-refractivity contribution in [1.82, 2.24) is 0 Å². The van der Waals surface area contributed by atoms with Crippen LogP contribution in [0.15, 0.2) is 21.9 Å². The molecule has 0 spiro atoms. The lowest BCUT2D eigenvalue weighted by atomic mass is 9.92. The van der Waals surface area contributed by atoms with Gasteiger partial charge in [0.15, 0.2) is 0 Å². The summed E-state index contributed by atoms with van der Waals surface area (Å²) in [4.78, 5) is -0.472. The second-order valence-corrected chi connectivity index (χ2v) is 10.9. The van der Waals surface area contributed by atoms with Crippen LogP contribution in [0.25, 0.3) is 11.1 Å². The van der Waals surface area contributed by atoms with Gasteiger partial charge < -0.3 is 0 Å². The minimum atomic E-state index is -4.45. The Balaban J connectivity index is 3.03. The largest absolute Gasteiger partial charge is 0.295 e. The lowest BCUT2D eigenvalue weighted by Gasteiger charge is -2.19. The fourth-order valence-corrected chi connectivity index (χ4v) is 6.73. The normalized spacial score (nSPS) is 12.5. The van der Waals surface area contributed by atoms with Crippen molar-refractivity contribution in [1.29, 1.82) is 0 Å². The monoisotopic (exact) mass is 622 g/mol. The summed E-state index contributed by atoms with van der Waals surface area (Å²) in [6.45, 7) is 7.04. The van der Waals surface area contributed by atoms with Crippen molar-refractivity contribution in [3.63, 3.8) is 0 Å². The molecule has 142 valence electrons. The minimum Gasteiger partial charge on any atom is -0.282 e. The maximum absolute atomic E-state index is 11.7. The molecule has 0 saturated carbocycles. The van der Waals surface area contributed by atoms with Crippen LogP contribution >= 0.6 is 45.2 Å². The number of hydrogen-bond acceptors (Lipinski definition) is 4. The van der Waals surface area contributed by atoms with Gasteiger partial charge in [0.05, 0.1) is 0 Å². The van der Waals surface area contributed by atoms with Gasteiger partial charge in [-0.25, -0.2) is 0 Å². The molecule has 10 heteroatoms. The van der Waals surface area contributed by atoms with Crippen LogP contribution in [0.4, 0.5) is 0 Å². The molecule has 26 heavy (non-hydrogen) atoms. The van der Waals surface area contributed by atoms with Crippen molar-refractivity contribution in [3.05, 3.63) is 41.5 Å². The zero-order valence-electron chi connectivity index (χ0n) is 14.3. The number of hydrogen-bond donors (Lipinski definition) is 2. The van der Waals surface area contributed by atoms with Gasteiger partial charge in [0.25, 0.3) is 20.2 Å². The first kappa shape index (κ1) is 22.0. The molecular weight excluding hydrogens is 606 g/mol. The van der Waals surface area contributed by atoms with Gasteiger partial charge in [0.1, 0.15) is 9.79 Å². The highest BCUT2D eigenvalue weighted by Gasteiger charge is 2.24. The van der Waals surface area contributed by atoms with Crippen LogP contribution in [0, 0.1) is 34.8 Å². The minimum absolute atomic E-state index is 0.236. The molecule has 0 aliphatic carbocycles. The van der Waals surface area contributed by atoms with E-state index >= 15 is 0 Å². The Bertz CT molecular complexity index is 1040. The van der Waals surface area contributed by atoms with E-state index in [0.29, 0.717) is 29.4 Å². The molecule has 0 saturated heterocycles. The molecule has 2 N–H and O–H groups in total. The van der Waals surface area contributed by atoms with E-state index in [1.807, 2.05) is 45.2 Å². The predicted octanol–water partition coefficient (Wildman–Crippen LogP) is 4.29. The molecule has 0 radical (unpaired) electrons. The quantitative estimate of drug-likeness (QED) is 0.391. The van der Waals surface area contributed by atoms with Gasteiger partial charge in [-0.15, -0.1) is 0 Å². The lowest BCUT2D eigenvalue weighted by Crippen LogP contribution is -2.08. The molecule has 0 aromatic heterocycles. The van der Waals surface area contributed by atoms with Crippen molar-refractivity contribution >= 4 is 65.4 Å². The van der Waals surface area contributed by atoms with E-state index in [1.165, 1.54) is 12.1 Å². The summed E-state index contributed by atoms with van der Waals surface area (Å²) in [6, 6.07) is 2.67. The van der Waals surface area contributed by atoms with Crippen LogP contribution in [0.1, 0.15) is 22.3 Å². The van der Waals surface area contributed by atoms with Gasteiger partial charge in [-0.3, -0.25) is 9.11 Å². The Morgan fingerprint density at radius 3 is 1.15 bits per heavy atom. The third kappa shape index (κ3) is 3.94. The standard InChI is InChI=1S/C16H16I2O6S2/c1-7-9(3)15(17)13(25(19,20)21)5-11(7)12-6-14(26(22,23)24)16(18)10(4)8(12)2/h5-6H,1-4H3,(H,19,20,21)(H,22,23,24). The predicted molar refractivity (Wildman–Crippen MR) is 116 cm³/mol. The maximum Gasteiger partial charge on any atom is 0.295 e. The first-order valence-electron chi connectivity index (χ1n) is 7.22. The maximum atomic E-state index is 11.7. The highest BCUT2D eigenvalue weighted by atomic mass is 127. The van der Waals surface area contributed by atoms with Gasteiger partial charge >= 0.3 is 0 Å². The van der Waals surface area contributed by atoms with Crippen molar-refractivity contribution in [2.45, 2.75) is 37.5 Å². The van der Waals surface area contributed by atoms with Crippen molar-refractivity contribution < 1.29 is 25.9 Å². The molecule has 0 heterocycles. The topological polar surface area (TPSA) is 109 Å². The molecule has 0 atom stereocenters. The fraction of sp³-hybridized carbons (Fsp3) is 0.250. The van der Waals surface area contributed by atoms with Crippen LogP contribution in [0.2, 0.25) is 0 Å². The Morgan fingerprint density at radius 2 is 0.923 bits per heavy atom. The van der Waals surface area contributed by atoms with E-state index in [2.05, 4.69) is 0 Å². The molecule has 0 bridgehead atoms. The van der Waals surface area contributed by atoms with E-state index in [1.54, 1.807) is 27.7 Å². The Morgan fingerprint density at radius 1 is 0.654 bits per heavy atom. The second kappa shape index (κ2) is 7.28. The molecule has 0 aliphatic heterocycles. The van der Waals surface area contributed by atoms with Gasteiger partial charge in [0, 0.05) is 7.14 Å². The summed E-state index contributed by atoms with van der Waals surface area (Å²) >= 11 is 3.71. The van der Waals surface area contributed by atoms with Crippen LogP contribution in [0.3, 0.4) is 0 Å². The zero-order valence-corrected chi connectivity index (χ0v) is 20.2. The highest BCUT2D eigenvalue weighted by molar-refractivity contribution is 14.1. The van der Waals surface area contributed by atoms with Gasteiger partial charge in [-0.2, -0.15) is 16.8 Å². The summed E-state index contributed by atoms with van der Waals surface area (Å²) in [5.41, 5.74) is 3.81. The molecule has 2 rings (SSSR count). The van der Waals surface area contributed by atoms with Crippen molar-refractivity contribution in [2.75, 3.05) is 0 Å². The van der Waals surface area contributed by atoms with Crippen LogP contribution in [-0.4, -0.2) is 25.9 Å². The second-order valence-electron chi connectivity index (χ2n) is 5.92. The number of halogens is 2. The fourth-order valence-electron chi connectivity index (χ4n) is 2.64. The molecular formula is C16H16I2O6S2. The third-order valence-electron chi connectivity index (χ3n) is 4.42. The first-order chi connectivity index (χ1) is 11.7. The lowest BCUT2D eigenvalue weighted by molar-refractivity contribution is 0.480. The SMILES string of the molecule is Cc1c(-c2cc(S(=O)(=O)O)c(I)c(C)c2C)cc(S(=O)(=O)O)c(I)c1C. The van der Waals surface area contributed by atoms with Crippen LogP contribution < -0.4 is 0 Å². The highest BCUT2D eigenvalue weighted by Crippen LogP contribution is 2.38. The smallest absolute Gasteiger partial charge is 0.282 e. The van der Waals surface area contributed by atoms with Crippen LogP contribution in [0.5, 0.6) is 0 Å². The van der Waals surface area contributed by atoms with E-state index in [4.69, 9.17) is 0 Å². The Hall–Kier alpha value is -0.280. The Kier molecular flexibility index (Phi) is 6.16. The number of benzene rings is 2. The molecule has 2 aromatic carbocycles. The van der Waals surface area contributed by atoms with Crippen LogP contribution in [-0.2, 0) is 20.2 Å². The molecule has 6 nitrogen and oxygen atoms in total. The average Bonchev–Trinajstić information content (AvgIpc) is 2.49. The van der Waals surface area contributed by atoms with Gasteiger partial charge in [-0.1, -0.05) is 0 Å². The molecule has 0 aliphatic rings. The van der Waals surface area contributed by atoms with Crippen molar-refractivity contribution in [3.8, 4) is 11.1 Å². The van der Waals surface area contributed by atoms with Crippen molar-refractivity contribution in [2.24, 2.45) is 0 Å². The Labute approximate surface area is 180 Å². The molecule has 0 fully saturated rings. The van der Waals surface area contributed by atoms with E-state index in [-0.39, 0.29) is 9.79 Å². The van der Waals surface area contributed by atoms with Gasteiger partial charge in [-0.05, 0) is 118 Å². The molecule has 0 amide bonds. The summed E-state index contributed by atoms with van der Waals surface area (Å²) in [5, 5.41) is 0. The van der Waals surface area contributed by atoms with E-state index in [0.717, 1.165) is 11.1 Å². The van der Waals surface area contributed by atoms with Gasteiger partial charge in [0.2, 0.25) is 0 Å². The summed E-state index contributed by atoms with van der Waals surface area (Å²) in [5.74, 6) is 0. The first-order valence-corrected chi connectivity index (χ1v) is 12.3. The number of rotatable bonds is 3. The zero-order chi connectivity index (χ0) is 20.2. The summed E-state index contributed by atoms with van der Waals surface area (Å²) < 4.78 is 66.9.